The van der Waals surface area contributed by atoms with Gasteiger partial charge in [0.1, 0.15) is 6.10 Å². The van der Waals surface area contributed by atoms with E-state index in [4.69, 9.17) is 9.47 Å². The van der Waals surface area contributed by atoms with Gasteiger partial charge in [-0.25, -0.2) is 0 Å². The van der Waals surface area contributed by atoms with E-state index in [1.54, 1.807) is 0 Å². The Morgan fingerprint density at radius 2 is 2.44 bits per heavy atom. The van der Waals surface area contributed by atoms with Crippen molar-refractivity contribution >= 4 is 21.9 Å². The van der Waals surface area contributed by atoms with E-state index in [0.29, 0.717) is 31.4 Å². The average Bonchev–Trinajstić information content (AvgIpc) is 2.60. The minimum absolute atomic E-state index is 0.133. The van der Waals surface area contributed by atoms with Crippen LogP contribution in [0.1, 0.15) is 26.2 Å². The zero-order chi connectivity index (χ0) is 12.0. The first kappa shape index (κ1) is 13.9. The van der Waals surface area contributed by atoms with Gasteiger partial charge in [-0.3, -0.25) is 4.79 Å². The van der Waals surface area contributed by atoms with Gasteiger partial charge >= 0.3 is 5.97 Å². The number of aliphatic hydroxyl groups excluding tert-OH is 1. The Kier molecular flexibility index (Phi) is 6.31. The van der Waals surface area contributed by atoms with E-state index in [2.05, 4.69) is 15.9 Å². The molecule has 3 atom stereocenters. The van der Waals surface area contributed by atoms with Crippen molar-refractivity contribution < 1.29 is 19.4 Å². The van der Waals surface area contributed by atoms with Crippen molar-refractivity contribution in [1.82, 2.24) is 0 Å². The first-order chi connectivity index (χ1) is 7.67. The number of cyclic esters (lactones) is 1. The first-order valence-electron chi connectivity index (χ1n) is 5.69. The zero-order valence-corrected chi connectivity index (χ0v) is 11.1. The van der Waals surface area contributed by atoms with E-state index in [0.717, 1.165) is 6.42 Å². The number of hydrogen-bond donors (Lipinski definition) is 1. The van der Waals surface area contributed by atoms with Crippen LogP contribution in [0.15, 0.2) is 0 Å². The summed E-state index contributed by atoms with van der Waals surface area (Å²) in [5.41, 5.74) is 0. The Bertz CT molecular complexity index is 222. The van der Waals surface area contributed by atoms with Gasteiger partial charge in [-0.15, -0.1) is 0 Å². The van der Waals surface area contributed by atoms with E-state index in [-0.39, 0.29) is 18.0 Å². The summed E-state index contributed by atoms with van der Waals surface area (Å²) in [5.74, 6) is -0.382. The third-order valence-electron chi connectivity index (χ3n) is 2.55. The molecule has 4 nitrogen and oxygen atoms in total. The van der Waals surface area contributed by atoms with Gasteiger partial charge in [0.2, 0.25) is 0 Å². The van der Waals surface area contributed by atoms with Crippen molar-refractivity contribution in [2.24, 2.45) is 5.92 Å². The van der Waals surface area contributed by atoms with Crippen molar-refractivity contribution in [3.63, 3.8) is 0 Å². The normalized spacial score (nSPS) is 26.8. The Hall–Kier alpha value is -0.130. The van der Waals surface area contributed by atoms with Gasteiger partial charge in [0, 0.05) is 18.4 Å². The molecule has 1 aliphatic heterocycles. The quantitative estimate of drug-likeness (QED) is 0.439. The van der Waals surface area contributed by atoms with Gasteiger partial charge in [0.15, 0.2) is 0 Å². The molecule has 16 heavy (non-hydrogen) atoms. The average molecular weight is 295 g/mol. The number of alkyl halides is 1. The molecule has 0 aromatic rings. The molecule has 0 radical (unpaired) electrons. The highest BCUT2D eigenvalue weighted by molar-refractivity contribution is 9.09. The van der Waals surface area contributed by atoms with Crippen LogP contribution in [0.25, 0.3) is 0 Å². The fourth-order valence-electron chi connectivity index (χ4n) is 1.77. The van der Waals surface area contributed by atoms with Gasteiger partial charge in [-0.2, -0.15) is 0 Å². The number of rotatable bonds is 7. The molecule has 0 aliphatic carbocycles. The van der Waals surface area contributed by atoms with Gasteiger partial charge < -0.3 is 14.6 Å². The highest BCUT2D eigenvalue weighted by Gasteiger charge is 2.35. The Morgan fingerprint density at radius 1 is 1.69 bits per heavy atom. The molecule has 0 aromatic heterocycles. The van der Waals surface area contributed by atoms with Crippen LogP contribution in [-0.4, -0.2) is 41.8 Å². The predicted molar refractivity (Wildman–Crippen MR) is 63.5 cm³/mol. The number of ether oxygens (including phenoxy) is 2. The Balaban J connectivity index is 2.27. The molecular weight excluding hydrogens is 276 g/mol. The number of halogens is 1. The van der Waals surface area contributed by atoms with Crippen molar-refractivity contribution in [3.05, 3.63) is 0 Å². The largest absolute Gasteiger partial charge is 0.460 e. The van der Waals surface area contributed by atoms with Crippen LogP contribution in [0.3, 0.4) is 0 Å². The number of carbonyl (C=O) groups excluding carboxylic acids is 1. The van der Waals surface area contributed by atoms with E-state index in [1.807, 2.05) is 6.92 Å². The lowest BCUT2D eigenvalue weighted by atomic mass is 9.99. The second kappa shape index (κ2) is 7.25. The molecule has 94 valence electrons. The summed E-state index contributed by atoms with van der Waals surface area (Å²) < 4.78 is 10.5. The molecule has 1 N–H and O–H groups in total. The van der Waals surface area contributed by atoms with Crippen LogP contribution in [0, 0.1) is 5.92 Å². The summed E-state index contributed by atoms with van der Waals surface area (Å²) in [5, 5.41) is 9.94. The van der Waals surface area contributed by atoms with E-state index in [9.17, 15) is 9.90 Å². The summed E-state index contributed by atoms with van der Waals surface area (Å²) in [6.45, 7) is 3.21. The minimum Gasteiger partial charge on any atom is -0.460 e. The minimum atomic E-state index is -0.479. The molecule has 0 bridgehead atoms. The summed E-state index contributed by atoms with van der Waals surface area (Å²) in [6.07, 6.45) is 1.48. The van der Waals surface area contributed by atoms with Gasteiger partial charge in [-0.1, -0.05) is 22.9 Å². The van der Waals surface area contributed by atoms with E-state index in [1.165, 1.54) is 0 Å². The van der Waals surface area contributed by atoms with Gasteiger partial charge in [-0.05, 0) is 12.8 Å². The Labute approximate surface area is 104 Å². The molecule has 1 saturated heterocycles. The summed E-state index contributed by atoms with van der Waals surface area (Å²) in [7, 11) is 0. The van der Waals surface area contributed by atoms with E-state index < -0.39 is 6.10 Å². The maximum atomic E-state index is 11.5. The molecule has 5 heteroatoms. The zero-order valence-electron chi connectivity index (χ0n) is 9.52. The van der Waals surface area contributed by atoms with Gasteiger partial charge in [0.25, 0.3) is 0 Å². The summed E-state index contributed by atoms with van der Waals surface area (Å²) >= 11 is 3.18. The van der Waals surface area contributed by atoms with Crippen LogP contribution in [0.4, 0.5) is 0 Å². The van der Waals surface area contributed by atoms with Crippen molar-refractivity contribution in [2.45, 2.75) is 38.4 Å². The molecule has 0 aromatic carbocycles. The van der Waals surface area contributed by atoms with Crippen LogP contribution >= 0.6 is 15.9 Å². The van der Waals surface area contributed by atoms with Crippen LogP contribution in [0.5, 0.6) is 0 Å². The lowest BCUT2D eigenvalue weighted by Gasteiger charge is -2.10. The molecule has 3 unspecified atom stereocenters. The standard InChI is InChI=1S/C11H19BrO4/c1-2-3-15-7-10-5-8(11(14)16-10)4-9(13)6-12/h8-10,13H,2-7H2,1H3. The maximum absolute atomic E-state index is 11.5. The molecule has 1 fully saturated rings. The topological polar surface area (TPSA) is 55.8 Å². The highest BCUT2D eigenvalue weighted by atomic mass is 79.9. The summed E-state index contributed by atoms with van der Waals surface area (Å²) in [4.78, 5) is 11.5. The third-order valence-corrected chi connectivity index (χ3v) is 3.30. The highest BCUT2D eigenvalue weighted by Crippen LogP contribution is 2.25. The molecule has 1 heterocycles. The summed E-state index contributed by atoms with van der Waals surface area (Å²) in [6, 6.07) is 0. The monoisotopic (exact) mass is 294 g/mol. The predicted octanol–water partition coefficient (Wildman–Crippen LogP) is 1.49. The van der Waals surface area contributed by atoms with Crippen LogP contribution < -0.4 is 0 Å². The second-order valence-corrected chi connectivity index (χ2v) is 4.76. The molecule has 1 aliphatic rings. The van der Waals surface area contributed by atoms with Crippen molar-refractivity contribution in [1.29, 1.82) is 0 Å². The lowest BCUT2D eigenvalue weighted by Crippen LogP contribution is -2.18. The first-order valence-corrected chi connectivity index (χ1v) is 6.81. The maximum Gasteiger partial charge on any atom is 0.309 e. The Morgan fingerprint density at radius 3 is 3.06 bits per heavy atom. The fourth-order valence-corrected chi connectivity index (χ4v) is 2.03. The number of aliphatic hydroxyl groups is 1. The fraction of sp³-hybridized carbons (Fsp3) is 0.909. The molecule has 0 amide bonds. The number of carbonyl (C=O) groups is 1. The molecular formula is C11H19BrO4. The lowest BCUT2D eigenvalue weighted by molar-refractivity contribution is -0.146. The number of esters is 1. The SMILES string of the molecule is CCCOCC1CC(CC(O)CBr)C(=O)O1. The smallest absolute Gasteiger partial charge is 0.309 e. The molecule has 1 rings (SSSR count). The molecule has 0 spiro atoms. The third kappa shape index (κ3) is 4.39. The van der Waals surface area contributed by atoms with Crippen LogP contribution in [-0.2, 0) is 14.3 Å². The van der Waals surface area contributed by atoms with Crippen LogP contribution in [0.2, 0.25) is 0 Å². The molecule has 0 saturated carbocycles. The van der Waals surface area contributed by atoms with E-state index >= 15 is 0 Å². The van der Waals surface area contributed by atoms with Crippen molar-refractivity contribution in [3.8, 4) is 0 Å². The van der Waals surface area contributed by atoms with Crippen molar-refractivity contribution in [2.75, 3.05) is 18.5 Å². The van der Waals surface area contributed by atoms with Gasteiger partial charge in [0.05, 0.1) is 18.6 Å². The number of hydrogen-bond acceptors (Lipinski definition) is 4. The second-order valence-electron chi connectivity index (χ2n) is 4.11.